The fourth-order valence-electron chi connectivity index (χ4n) is 3.86. The highest BCUT2D eigenvalue weighted by atomic mass is 16.4. The van der Waals surface area contributed by atoms with Crippen molar-refractivity contribution in [3.05, 3.63) is 101 Å². The van der Waals surface area contributed by atoms with Crippen LogP contribution in [0.3, 0.4) is 0 Å². The summed E-state index contributed by atoms with van der Waals surface area (Å²) >= 11 is 0. The molecule has 0 spiro atoms. The second-order valence-corrected chi connectivity index (χ2v) is 8.24. The molecule has 0 saturated carbocycles. The van der Waals surface area contributed by atoms with E-state index in [1.165, 1.54) is 18.2 Å². The van der Waals surface area contributed by atoms with E-state index in [1.54, 1.807) is 60.7 Å². The number of nitrogens with zero attached hydrogens (tertiary/aromatic N) is 1. The molecule has 0 bridgehead atoms. The number of amides is 2. The van der Waals surface area contributed by atoms with Crippen LogP contribution in [0.25, 0.3) is 21.5 Å². The highest BCUT2D eigenvalue weighted by molar-refractivity contribution is 6.08. The molecule has 0 radical (unpaired) electrons. The Morgan fingerprint density at radius 2 is 1.05 bits per heavy atom. The van der Waals surface area contributed by atoms with E-state index in [0.717, 1.165) is 16.2 Å². The van der Waals surface area contributed by atoms with Crippen molar-refractivity contribution in [1.29, 1.82) is 0 Å². The van der Waals surface area contributed by atoms with Crippen molar-refractivity contribution < 1.29 is 29.4 Å². The van der Waals surface area contributed by atoms with Gasteiger partial charge in [0.2, 0.25) is 0 Å². The van der Waals surface area contributed by atoms with Crippen molar-refractivity contribution in [1.82, 2.24) is 10.2 Å². The Morgan fingerprint density at radius 3 is 1.57 bits per heavy atom. The van der Waals surface area contributed by atoms with Gasteiger partial charge in [0.25, 0.3) is 11.8 Å². The monoisotopic (exact) mass is 494 g/mol. The zero-order valence-corrected chi connectivity index (χ0v) is 19.0. The summed E-state index contributed by atoms with van der Waals surface area (Å²) in [5.41, 5.74) is 1.39. The van der Waals surface area contributed by atoms with E-state index >= 15 is 0 Å². The number of carboxylic acids is 2. The predicted octanol–water partition coefficient (Wildman–Crippen LogP) is 4.62. The molecule has 0 aliphatic heterocycles. The molecule has 0 unspecified atom stereocenters. The van der Waals surface area contributed by atoms with Gasteiger partial charge >= 0.3 is 11.9 Å². The highest BCUT2D eigenvalue weighted by Gasteiger charge is 2.16. The Morgan fingerprint density at radius 1 is 0.595 bits per heavy atom. The molecule has 10 nitrogen and oxygen atoms in total. The number of rotatable bonds is 6. The van der Waals surface area contributed by atoms with Gasteiger partial charge in [0, 0.05) is 17.4 Å². The van der Waals surface area contributed by atoms with E-state index in [0.29, 0.717) is 16.8 Å². The number of benzene rings is 4. The van der Waals surface area contributed by atoms with Gasteiger partial charge in [0.15, 0.2) is 5.69 Å². The van der Waals surface area contributed by atoms with Crippen molar-refractivity contribution in [2.24, 2.45) is 0 Å². The maximum atomic E-state index is 12.7. The van der Waals surface area contributed by atoms with Gasteiger partial charge in [-0.05, 0) is 70.1 Å². The van der Waals surface area contributed by atoms with E-state index in [2.05, 4.69) is 20.8 Å². The van der Waals surface area contributed by atoms with Gasteiger partial charge in [-0.25, -0.2) is 9.59 Å². The fraction of sp³-hybridized carbons (Fsp3) is 0. The number of H-pyrrole nitrogens is 1. The van der Waals surface area contributed by atoms with E-state index in [4.69, 9.17) is 10.2 Å². The molecule has 5 N–H and O–H groups in total. The number of carboxylic acid groups (broad SMARTS) is 2. The van der Waals surface area contributed by atoms with Gasteiger partial charge in [0.05, 0.1) is 11.1 Å². The highest BCUT2D eigenvalue weighted by Crippen LogP contribution is 2.23. The van der Waals surface area contributed by atoms with Gasteiger partial charge in [0.1, 0.15) is 5.69 Å². The molecule has 5 aromatic rings. The summed E-state index contributed by atoms with van der Waals surface area (Å²) in [4.78, 5) is 47.6. The first-order valence-corrected chi connectivity index (χ1v) is 11.0. The van der Waals surface area contributed by atoms with Crippen LogP contribution in [-0.2, 0) is 0 Å². The van der Waals surface area contributed by atoms with E-state index in [9.17, 15) is 19.2 Å². The second-order valence-electron chi connectivity index (χ2n) is 8.24. The van der Waals surface area contributed by atoms with E-state index in [1.807, 2.05) is 0 Å². The molecule has 0 aliphatic rings. The summed E-state index contributed by atoms with van der Waals surface area (Å²) in [6.45, 7) is 0. The third-order valence-electron chi connectivity index (χ3n) is 5.75. The van der Waals surface area contributed by atoms with Crippen molar-refractivity contribution >= 4 is 56.7 Å². The van der Waals surface area contributed by atoms with Gasteiger partial charge in [-0.1, -0.05) is 24.3 Å². The number of aromatic carboxylic acids is 2. The van der Waals surface area contributed by atoms with Crippen LogP contribution >= 0.6 is 0 Å². The van der Waals surface area contributed by atoms with Gasteiger partial charge in [-0.3, -0.25) is 14.7 Å². The van der Waals surface area contributed by atoms with Crippen LogP contribution in [0.5, 0.6) is 0 Å². The first-order chi connectivity index (χ1) is 17.8. The zero-order chi connectivity index (χ0) is 26.1. The molecule has 37 heavy (non-hydrogen) atoms. The summed E-state index contributed by atoms with van der Waals surface area (Å²) in [6, 6.07) is 20.8. The number of aromatic nitrogens is 2. The number of aromatic amines is 1. The van der Waals surface area contributed by atoms with Gasteiger partial charge in [-0.2, -0.15) is 5.10 Å². The number of hydrogen-bond donors (Lipinski definition) is 5. The summed E-state index contributed by atoms with van der Waals surface area (Å²) in [7, 11) is 0. The van der Waals surface area contributed by atoms with Gasteiger partial charge in [-0.15, -0.1) is 0 Å². The van der Waals surface area contributed by atoms with Crippen molar-refractivity contribution in [2.75, 3.05) is 10.6 Å². The number of nitrogens with one attached hydrogen (secondary N) is 3. The maximum Gasteiger partial charge on any atom is 0.335 e. The Labute approximate surface area is 208 Å². The van der Waals surface area contributed by atoms with E-state index in [-0.39, 0.29) is 22.5 Å². The minimum atomic E-state index is -1.02. The third kappa shape index (κ3) is 4.84. The quantitative estimate of drug-likeness (QED) is 0.230. The predicted molar refractivity (Wildman–Crippen MR) is 136 cm³/mol. The Balaban J connectivity index is 1.27. The molecule has 4 aromatic carbocycles. The lowest BCUT2D eigenvalue weighted by atomic mass is 10.1. The third-order valence-corrected chi connectivity index (χ3v) is 5.75. The lowest BCUT2D eigenvalue weighted by Crippen LogP contribution is -2.13. The molecule has 1 heterocycles. The Bertz CT molecular complexity index is 1610. The molecular weight excluding hydrogens is 476 g/mol. The number of fused-ring (bicyclic) bond motifs is 2. The fourth-order valence-corrected chi connectivity index (χ4v) is 3.86. The molecule has 0 fully saturated rings. The lowest BCUT2D eigenvalue weighted by Gasteiger charge is -2.06. The number of carbonyl (C=O) groups excluding carboxylic acids is 2. The van der Waals surface area contributed by atoms with E-state index < -0.39 is 23.8 Å². The largest absolute Gasteiger partial charge is 0.478 e. The van der Waals surface area contributed by atoms with Crippen LogP contribution in [0.2, 0.25) is 0 Å². The van der Waals surface area contributed by atoms with Gasteiger partial charge < -0.3 is 20.8 Å². The van der Waals surface area contributed by atoms with Crippen LogP contribution in [-0.4, -0.2) is 44.2 Å². The van der Waals surface area contributed by atoms with Crippen molar-refractivity contribution in [2.45, 2.75) is 0 Å². The molecule has 1 aromatic heterocycles. The normalized spacial score (nSPS) is 10.8. The SMILES string of the molecule is O=C(O)c1ccc2cc(NC(=O)c3cc(C(=O)Nc4ccc5cc(C(=O)O)ccc5c4)[nH]n3)ccc2c1. The minimum absolute atomic E-state index is 0.00573. The molecule has 5 rings (SSSR count). The molecular formula is C27H18N4O6. The smallest absolute Gasteiger partial charge is 0.335 e. The molecule has 0 aliphatic carbocycles. The van der Waals surface area contributed by atoms with Crippen molar-refractivity contribution in [3.63, 3.8) is 0 Å². The first kappa shape index (κ1) is 23.2. The Kier molecular flexibility index (Phi) is 5.82. The lowest BCUT2D eigenvalue weighted by molar-refractivity contribution is 0.0686. The van der Waals surface area contributed by atoms with Crippen LogP contribution < -0.4 is 10.6 Å². The standard InChI is InChI=1S/C27H18N4O6/c32-24(28-20-7-5-14-9-18(26(34)35)3-1-16(14)11-20)22-13-23(31-30-22)25(33)29-21-8-6-15-10-19(27(36)37)4-2-17(15)12-21/h1-13H,(H,28,32)(H,29,33)(H,30,31)(H,34,35)(H,36,37). The molecule has 10 heteroatoms. The topological polar surface area (TPSA) is 161 Å². The average molecular weight is 494 g/mol. The maximum absolute atomic E-state index is 12.7. The molecule has 2 amide bonds. The van der Waals surface area contributed by atoms with Crippen LogP contribution in [0.1, 0.15) is 41.7 Å². The average Bonchev–Trinajstić information content (AvgIpc) is 3.39. The summed E-state index contributed by atoms with van der Waals surface area (Å²) in [5, 5.41) is 33.1. The minimum Gasteiger partial charge on any atom is -0.478 e. The number of hydrogen-bond acceptors (Lipinski definition) is 5. The number of anilines is 2. The van der Waals surface area contributed by atoms with Crippen LogP contribution in [0, 0.1) is 0 Å². The van der Waals surface area contributed by atoms with Crippen LogP contribution in [0.4, 0.5) is 11.4 Å². The molecule has 0 atom stereocenters. The zero-order valence-electron chi connectivity index (χ0n) is 19.0. The summed E-state index contributed by atoms with van der Waals surface area (Å²) in [5.74, 6) is -3.08. The van der Waals surface area contributed by atoms with Crippen molar-refractivity contribution in [3.8, 4) is 0 Å². The molecule has 182 valence electrons. The summed E-state index contributed by atoms with van der Waals surface area (Å²) in [6.07, 6.45) is 0. The summed E-state index contributed by atoms with van der Waals surface area (Å²) < 4.78 is 0. The molecule has 0 saturated heterocycles. The number of carbonyl (C=O) groups is 4. The van der Waals surface area contributed by atoms with Crippen LogP contribution in [0.15, 0.2) is 78.9 Å². The Hall–Kier alpha value is -5.51. The first-order valence-electron chi connectivity index (χ1n) is 11.0. The second kappa shape index (κ2) is 9.27.